The van der Waals surface area contributed by atoms with Gasteiger partial charge >= 0.3 is 0 Å². The highest BCUT2D eigenvalue weighted by Gasteiger charge is 2.32. The predicted octanol–water partition coefficient (Wildman–Crippen LogP) is 1.16. The van der Waals surface area contributed by atoms with Crippen molar-refractivity contribution in [3.05, 3.63) is 18.0 Å². The molecule has 0 aromatic carbocycles. The van der Waals surface area contributed by atoms with Gasteiger partial charge in [-0.1, -0.05) is 12.8 Å². The van der Waals surface area contributed by atoms with Gasteiger partial charge in [-0.25, -0.2) is 18.4 Å². The fourth-order valence-electron chi connectivity index (χ4n) is 3.51. The molecule has 1 N–H and O–H groups in total. The predicted molar refractivity (Wildman–Crippen MR) is 91.8 cm³/mol. The summed E-state index contributed by atoms with van der Waals surface area (Å²) in [7, 11) is -2.95. The molecule has 0 radical (unpaired) electrons. The van der Waals surface area contributed by atoms with E-state index in [1.807, 2.05) is 11.8 Å². The van der Waals surface area contributed by atoms with Gasteiger partial charge in [0, 0.05) is 31.0 Å². The first-order valence-electron chi connectivity index (χ1n) is 8.58. The molecule has 1 amide bonds. The Morgan fingerprint density at radius 1 is 1.25 bits per heavy atom. The van der Waals surface area contributed by atoms with E-state index in [9.17, 15) is 13.2 Å². The number of hydrogen-bond donors (Lipinski definition) is 1. The number of nitrogens with zero attached hydrogens (tertiary/aromatic N) is 3. The Morgan fingerprint density at radius 3 is 2.46 bits per heavy atom. The lowest BCUT2D eigenvalue weighted by atomic mass is 10.2. The van der Waals surface area contributed by atoms with E-state index in [0.29, 0.717) is 24.5 Å². The van der Waals surface area contributed by atoms with Gasteiger partial charge in [-0.2, -0.15) is 0 Å². The molecule has 1 aliphatic carbocycles. The van der Waals surface area contributed by atoms with Crippen molar-refractivity contribution < 1.29 is 13.2 Å². The molecule has 132 valence electrons. The van der Waals surface area contributed by atoms with Crippen molar-refractivity contribution in [2.75, 3.05) is 23.0 Å². The van der Waals surface area contributed by atoms with Crippen LogP contribution in [0.3, 0.4) is 0 Å². The number of carbonyl (C=O) groups excluding carboxylic acids is 1. The first kappa shape index (κ1) is 17.1. The van der Waals surface area contributed by atoms with Crippen molar-refractivity contribution in [3.8, 4) is 0 Å². The maximum absolute atomic E-state index is 12.2. The summed E-state index contributed by atoms with van der Waals surface area (Å²) in [6.07, 6.45) is 8.04. The van der Waals surface area contributed by atoms with Crippen LogP contribution >= 0.6 is 0 Å². The first-order chi connectivity index (χ1) is 11.5. The lowest BCUT2D eigenvalue weighted by molar-refractivity contribution is 0.0937. The van der Waals surface area contributed by atoms with Crippen molar-refractivity contribution in [1.82, 2.24) is 15.3 Å². The van der Waals surface area contributed by atoms with Crippen LogP contribution in [0.1, 0.15) is 49.4 Å². The van der Waals surface area contributed by atoms with Crippen molar-refractivity contribution in [3.63, 3.8) is 0 Å². The number of carbonyl (C=O) groups is 1. The SMILES string of the molecule is CCN(c1ncc(C(=O)NC2CCCC2)cn1)C1CCS(=O)(=O)C1. The van der Waals surface area contributed by atoms with E-state index in [0.717, 1.165) is 25.7 Å². The molecule has 1 saturated heterocycles. The zero-order chi connectivity index (χ0) is 17.2. The van der Waals surface area contributed by atoms with Gasteiger partial charge < -0.3 is 10.2 Å². The van der Waals surface area contributed by atoms with Crippen molar-refractivity contribution >= 4 is 21.7 Å². The standard InChI is InChI=1S/C16H24N4O3S/c1-2-20(14-7-8-24(22,23)11-14)16-17-9-12(10-18-16)15(21)19-13-5-3-4-6-13/h9-10,13-14H,2-8,11H2,1H3,(H,19,21). The molecule has 2 aliphatic rings. The molecule has 1 aromatic rings. The minimum Gasteiger partial charge on any atom is -0.349 e. The molecule has 1 atom stereocenters. The summed E-state index contributed by atoms with van der Waals surface area (Å²) in [6, 6.07) is 0.172. The summed E-state index contributed by atoms with van der Waals surface area (Å²) in [6.45, 7) is 2.59. The Labute approximate surface area is 142 Å². The van der Waals surface area contributed by atoms with Crippen LogP contribution in [0.15, 0.2) is 12.4 Å². The van der Waals surface area contributed by atoms with Crippen LogP contribution in [-0.2, 0) is 9.84 Å². The van der Waals surface area contributed by atoms with E-state index in [4.69, 9.17) is 0 Å². The number of sulfone groups is 1. The third-order valence-electron chi connectivity index (χ3n) is 4.84. The number of amides is 1. The van der Waals surface area contributed by atoms with Gasteiger partial charge in [-0.05, 0) is 26.2 Å². The number of anilines is 1. The van der Waals surface area contributed by atoms with E-state index in [1.165, 1.54) is 12.4 Å². The third kappa shape index (κ3) is 3.85. The Hall–Kier alpha value is -1.70. The maximum atomic E-state index is 12.2. The second-order valence-corrected chi connectivity index (χ2v) is 8.80. The van der Waals surface area contributed by atoms with Crippen molar-refractivity contribution in [2.24, 2.45) is 0 Å². The Kier molecular flexibility index (Phi) is 5.03. The van der Waals surface area contributed by atoms with Crippen molar-refractivity contribution in [1.29, 1.82) is 0 Å². The largest absolute Gasteiger partial charge is 0.349 e. The Balaban J connectivity index is 1.67. The highest BCUT2D eigenvalue weighted by molar-refractivity contribution is 7.91. The molecule has 2 fully saturated rings. The van der Waals surface area contributed by atoms with E-state index in [2.05, 4.69) is 15.3 Å². The Bertz CT molecular complexity index is 684. The molecular weight excluding hydrogens is 328 g/mol. The van der Waals surface area contributed by atoms with Gasteiger partial charge in [0.05, 0.1) is 17.1 Å². The van der Waals surface area contributed by atoms with Gasteiger partial charge in [-0.3, -0.25) is 4.79 Å². The first-order valence-corrected chi connectivity index (χ1v) is 10.4. The number of aromatic nitrogens is 2. The molecule has 1 unspecified atom stereocenters. The summed E-state index contributed by atoms with van der Waals surface area (Å²) in [5.74, 6) is 0.710. The highest BCUT2D eigenvalue weighted by atomic mass is 32.2. The summed E-state index contributed by atoms with van der Waals surface area (Å²) < 4.78 is 23.4. The second-order valence-electron chi connectivity index (χ2n) is 6.57. The summed E-state index contributed by atoms with van der Waals surface area (Å²) in [5.41, 5.74) is 0.445. The number of hydrogen-bond acceptors (Lipinski definition) is 6. The van der Waals surface area contributed by atoms with Gasteiger partial charge in [0.25, 0.3) is 5.91 Å². The normalized spacial score (nSPS) is 23.3. The van der Waals surface area contributed by atoms with Crippen LogP contribution in [-0.4, -0.2) is 54.4 Å². The van der Waals surface area contributed by atoms with E-state index in [-0.39, 0.29) is 29.5 Å². The third-order valence-corrected chi connectivity index (χ3v) is 6.59. The zero-order valence-electron chi connectivity index (χ0n) is 13.9. The van der Waals surface area contributed by atoms with E-state index >= 15 is 0 Å². The molecular formula is C16H24N4O3S. The summed E-state index contributed by atoms with van der Waals surface area (Å²) in [4.78, 5) is 22.7. The van der Waals surface area contributed by atoms with Gasteiger partial charge in [0.15, 0.2) is 9.84 Å². The fraction of sp³-hybridized carbons (Fsp3) is 0.688. The van der Waals surface area contributed by atoms with Gasteiger partial charge in [-0.15, -0.1) is 0 Å². The average molecular weight is 352 g/mol. The molecule has 2 heterocycles. The van der Waals surface area contributed by atoms with Crippen LogP contribution in [0.2, 0.25) is 0 Å². The quantitative estimate of drug-likeness (QED) is 0.855. The fourth-order valence-corrected chi connectivity index (χ4v) is 5.24. The molecule has 7 nitrogen and oxygen atoms in total. The van der Waals surface area contributed by atoms with Crippen LogP contribution in [0.4, 0.5) is 5.95 Å². The van der Waals surface area contributed by atoms with Crippen molar-refractivity contribution in [2.45, 2.75) is 51.1 Å². The van der Waals surface area contributed by atoms with Crippen LogP contribution in [0.5, 0.6) is 0 Å². The Morgan fingerprint density at radius 2 is 1.92 bits per heavy atom. The molecule has 24 heavy (non-hydrogen) atoms. The van der Waals surface area contributed by atoms with E-state index < -0.39 is 9.84 Å². The summed E-state index contributed by atoms with van der Waals surface area (Å²) in [5, 5.41) is 3.01. The number of nitrogens with one attached hydrogen (secondary N) is 1. The van der Waals surface area contributed by atoms with Crippen LogP contribution in [0, 0.1) is 0 Å². The zero-order valence-corrected chi connectivity index (χ0v) is 14.8. The molecule has 1 saturated carbocycles. The summed E-state index contributed by atoms with van der Waals surface area (Å²) >= 11 is 0. The molecule has 8 heteroatoms. The maximum Gasteiger partial charge on any atom is 0.254 e. The second kappa shape index (κ2) is 7.04. The van der Waals surface area contributed by atoms with Gasteiger partial charge in [0.1, 0.15) is 0 Å². The molecule has 1 aliphatic heterocycles. The smallest absolute Gasteiger partial charge is 0.254 e. The molecule has 0 bridgehead atoms. The van der Waals surface area contributed by atoms with E-state index in [1.54, 1.807) is 0 Å². The molecule has 3 rings (SSSR count). The van der Waals surface area contributed by atoms with Gasteiger partial charge in [0.2, 0.25) is 5.95 Å². The number of rotatable bonds is 5. The molecule has 0 spiro atoms. The minimum atomic E-state index is -2.95. The lowest BCUT2D eigenvalue weighted by Gasteiger charge is -2.26. The lowest BCUT2D eigenvalue weighted by Crippen LogP contribution is -2.37. The monoisotopic (exact) mass is 352 g/mol. The minimum absolute atomic E-state index is 0.0850. The highest BCUT2D eigenvalue weighted by Crippen LogP contribution is 2.21. The molecule has 1 aromatic heterocycles. The topological polar surface area (TPSA) is 92.3 Å². The van der Waals surface area contributed by atoms with Crippen LogP contribution in [0.25, 0.3) is 0 Å². The van der Waals surface area contributed by atoms with Crippen LogP contribution < -0.4 is 10.2 Å². The average Bonchev–Trinajstić information content (AvgIpc) is 3.18.